The predicted molar refractivity (Wildman–Crippen MR) is 142 cm³/mol. The van der Waals surface area contributed by atoms with Gasteiger partial charge in [0.2, 0.25) is 0 Å². The Kier molecular flexibility index (Phi) is 8.70. The number of amides is 1. The topological polar surface area (TPSA) is 32.3 Å². The third-order valence-electron chi connectivity index (χ3n) is 7.14. The molecule has 0 bridgehead atoms. The lowest BCUT2D eigenvalue weighted by Crippen LogP contribution is -2.52. The first-order valence-electron chi connectivity index (χ1n) is 13.0. The number of carbonyl (C=O) groups is 1. The van der Waals surface area contributed by atoms with Gasteiger partial charge < -0.3 is 10.2 Å². The Morgan fingerprint density at radius 3 is 2.35 bits per heavy atom. The van der Waals surface area contributed by atoms with E-state index in [0.717, 1.165) is 42.0 Å². The smallest absolute Gasteiger partial charge is 0.335 e. The summed E-state index contributed by atoms with van der Waals surface area (Å²) in [6.45, 7) is 5.31. The summed E-state index contributed by atoms with van der Waals surface area (Å²) in [6.07, 6.45) is -0.928. The zero-order valence-corrected chi connectivity index (χ0v) is 21.5. The maximum absolute atomic E-state index is 13.6. The summed E-state index contributed by atoms with van der Waals surface area (Å²) in [7, 11) is 0. The Morgan fingerprint density at radius 1 is 0.973 bits per heavy atom. The summed E-state index contributed by atoms with van der Waals surface area (Å²) < 4.78 is 39.9. The number of benzene rings is 3. The van der Waals surface area contributed by atoms with Crippen LogP contribution in [0.1, 0.15) is 57.4 Å². The number of nitrogens with one attached hydrogen (secondary N) is 1. The van der Waals surface area contributed by atoms with Crippen molar-refractivity contribution in [3.05, 3.63) is 106 Å². The number of carbonyl (C=O) groups excluding carboxylic acids is 1. The number of aryl methyl sites for hydroxylation is 3. The number of hydrogen-bond donors (Lipinski definition) is 1. The average Bonchev–Trinajstić information content (AvgIpc) is 2.86. The number of likely N-dealkylation sites (tertiary alicyclic amines) is 1. The fraction of sp³-hybridized carbons (Fsp3) is 0.387. The molecule has 1 aliphatic heterocycles. The number of rotatable bonds is 8. The highest BCUT2D eigenvalue weighted by Gasteiger charge is 2.33. The number of piperidine rings is 1. The molecule has 1 heterocycles. The van der Waals surface area contributed by atoms with E-state index >= 15 is 0 Å². The summed E-state index contributed by atoms with van der Waals surface area (Å²) in [5, 5.41) is 3.56. The Morgan fingerprint density at radius 2 is 1.65 bits per heavy atom. The van der Waals surface area contributed by atoms with Gasteiger partial charge in [-0.15, -0.1) is 0 Å². The van der Waals surface area contributed by atoms with Gasteiger partial charge in [-0.2, -0.15) is 13.2 Å². The lowest BCUT2D eigenvalue weighted by molar-refractivity contribution is -0.138. The highest BCUT2D eigenvalue weighted by atomic mass is 19.4. The third kappa shape index (κ3) is 7.22. The van der Waals surface area contributed by atoms with Crippen LogP contribution in [0.5, 0.6) is 0 Å². The summed E-state index contributed by atoms with van der Waals surface area (Å²) in [5.74, 6) is 0.0648. The van der Waals surface area contributed by atoms with Crippen molar-refractivity contribution >= 4 is 5.91 Å². The predicted octanol–water partition coefficient (Wildman–Crippen LogP) is 6.76. The van der Waals surface area contributed by atoms with Crippen LogP contribution in [0, 0.1) is 13.8 Å². The van der Waals surface area contributed by atoms with Gasteiger partial charge in [0.25, 0.3) is 5.91 Å². The van der Waals surface area contributed by atoms with Crippen LogP contribution in [0.2, 0.25) is 0 Å². The van der Waals surface area contributed by atoms with E-state index in [4.69, 9.17) is 0 Å². The first-order chi connectivity index (χ1) is 17.7. The fourth-order valence-electron chi connectivity index (χ4n) is 5.45. The van der Waals surface area contributed by atoms with Gasteiger partial charge in [-0.3, -0.25) is 4.79 Å². The number of alkyl halides is 3. The van der Waals surface area contributed by atoms with Gasteiger partial charge in [-0.1, -0.05) is 65.7 Å². The SMILES string of the molecule is Cc1cc(C)cc(C(=O)N2CC[C@H](NCCCc3ccccc3C(F)(F)F)C[C@@H]2Cc2ccccc2)c1. The molecule has 2 atom stereocenters. The largest absolute Gasteiger partial charge is 0.416 e. The highest BCUT2D eigenvalue weighted by Crippen LogP contribution is 2.32. The Labute approximate surface area is 217 Å². The second-order valence-electron chi connectivity index (χ2n) is 10.2. The lowest BCUT2D eigenvalue weighted by atomic mass is 9.91. The van der Waals surface area contributed by atoms with Crippen molar-refractivity contribution in [1.82, 2.24) is 10.2 Å². The molecule has 3 aromatic rings. The molecule has 1 fully saturated rings. The fourth-order valence-corrected chi connectivity index (χ4v) is 5.45. The van der Waals surface area contributed by atoms with E-state index in [1.807, 2.05) is 49.1 Å². The normalized spacial score (nSPS) is 18.1. The molecule has 3 aromatic carbocycles. The van der Waals surface area contributed by atoms with Crippen LogP contribution in [-0.4, -0.2) is 36.0 Å². The summed E-state index contributed by atoms with van der Waals surface area (Å²) in [5.41, 5.74) is 3.86. The van der Waals surface area contributed by atoms with Crippen molar-refractivity contribution in [3.63, 3.8) is 0 Å². The molecular weight excluding hydrogens is 473 g/mol. The number of halogens is 3. The third-order valence-corrected chi connectivity index (χ3v) is 7.14. The molecule has 1 aliphatic rings. The van der Waals surface area contributed by atoms with Crippen LogP contribution >= 0.6 is 0 Å². The van der Waals surface area contributed by atoms with E-state index in [-0.39, 0.29) is 18.0 Å². The first-order valence-corrected chi connectivity index (χ1v) is 13.0. The summed E-state index contributed by atoms with van der Waals surface area (Å²) >= 11 is 0. The molecule has 1 amide bonds. The van der Waals surface area contributed by atoms with Gasteiger partial charge in [0, 0.05) is 24.2 Å². The van der Waals surface area contributed by atoms with Crippen LogP contribution in [0.15, 0.2) is 72.8 Å². The van der Waals surface area contributed by atoms with Gasteiger partial charge in [-0.25, -0.2) is 0 Å². The van der Waals surface area contributed by atoms with Crippen LogP contribution in [0.3, 0.4) is 0 Å². The van der Waals surface area contributed by atoms with E-state index in [9.17, 15) is 18.0 Å². The molecule has 3 nitrogen and oxygen atoms in total. The van der Waals surface area contributed by atoms with Crippen LogP contribution < -0.4 is 5.32 Å². The molecule has 37 heavy (non-hydrogen) atoms. The zero-order valence-electron chi connectivity index (χ0n) is 21.5. The standard InChI is InChI=1S/C31H35F3N2O/c1-22-17-23(2)19-26(18-22)30(37)36-16-14-27(21-28(36)20-24-9-4-3-5-10-24)35-15-8-12-25-11-6-7-13-29(25)31(32,33)34/h3-7,9-11,13,17-19,27-28,35H,8,12,14-16,20-21H2,1-2H3/t27-,28-/m0/s1. The monoisotopic (exact) mass is 508 g/mol. The second kappa shape index (κ2) is 12.0. The minimum atomic E-state index is -4.33. The van der Waals surface area contributed by atoms with E-state index in [1.165, 1.54) is 11.6 Å². The van der Waals surface area contributed by atoms with Gasteiger partial charge in [-0.05, 0) is 81.8 Å². The molecular formula is C31H35F3N2O. The van der Waals surface area contributed by atoms with Crippen molar-refractivity contribution in [1.29, 1.82) is 0 Å². The molecule has 1 N–H and O–H groups in total. The lowest BCUT2D eigenvalue weighted by Gasteiger charge is -2.40. The average molecular weight is 509 g/mol. The van der Waals surface area contributed by atoms with Crippen molar-refractivity contribution in [3.8, 4) is 0 Å². The van der Waals surface area contributed by atoms with Crippen molar-refractivity contribution in [2.45, 2.75) is 64.2 Å². The molecule has 196 valence electrons. The minimum absolute atomic E-state index is 0.0490. The number of hydrogen-bond acceptors (Lipinski definition) is 2. The van der Waals surface area contributed by atoms with Crippen molar-refractivity contribution in [2.75, 3.05) is 13.1 Å². The molecule has 0 spiro atoms. The molecule has 0 saturated carbocycles. The molecule has 6 heteroatoms. The first kappa shape index (κ1) is 26.9. The van der Waals surface area contributed by atoms with Gasteiger partial charge in [0.1, 0.15) is 0 Å². The molecule has 0 aliphatic carbocycles. The van der Waals surface area contributed by atoms with E-state index in [2.05, 4.69) is 23.5 Å². The van der Waals surface area contributed by atoms with Gasteiger partial charge >= 0.3 is 6.18 Å². The molecule has 0 aromatic heterocycles. The Bertz CT molecular complexity index is 1170. The van der Waals surface area contributed by atoms with E-state index in [1.54, 1.807) is 12.1 Å². The van der Waals surface area contributed by atoms with Crippen molar-refractivity contribution < 1.29 is 18.0 Å². The Hall–Kier alpha value is -3.12. The summed E-state index contributed by atoms with van der Waals surface area (Å²) in [4.78, 5) is 15.6. The zero-order chi connectivity index (χ0) is 26.4. The quantitative estimate of drug-likeness (QED) is 0.341. The van der Waals surface area contributed by atoms with Gasteiger partial charge in [0.05, 0.1) is 5.56 Å². The minimum Gasteiger partial charge on any atom is -0.335 e. The molecule has 0 radical (unpaired) electrons. The van der Waals surface area contributed by atoms with E-state index in [0.29, 0.717) is 31.5 Å². The molecule has 0 unspecified atom stereocenters. The summed E-state index contributed by atoms with van der Waals surface area (Å²) in [6, 6.07) is 22.3. The number of nitrogens with zero attached hydrogens (tertiary/aromatic N) is 1. The van der Waals surface area contributed by atoms with E-state index < -0.39 is 11.7 Å². The molecule has 1 saturated heterocycles. The van der Waals surface area contributed by atoms with Gasteiger partial charge in [0.15, 0.2) is 0 Å². The highest BCUT2D eigenvalue weighted by molar-refractivity contribution is 5.95. The van der Waals surface area contributed by atoms with Crippen LogP contribution in [0.25, 0.3) is 0 Å². The second-order valence-corrected chi connectivity index (χ2v) is 10.2. The maximum Gasteiger partial charge on any atom is 0.416 e. The van der Waals surface area contributed by atoms with Crippen LogP contribution in [0.4, 0.5) is 13.2 Å². The van der Waals surface area contributed by atoms with Crippen LogP contribution in [-0.2, 0) is 19.0 Å². The Balaban J connectivity index is 1.40. The van der Waals surface area contributed by atoms with Crippen molar-refractivity contribution in [2.24, 2.45) is 0 Å². The molecule has 4 rings (SSSR count). The maximum atomic E-state index is 13.6.